The predicted octanol–water partition coefficient (Wildman–Crippen LogP) is 0.711. The molecule has 1 aromatic rings. The smallest absolute Gasteiger partial charge is 0.227 e. The van der Waals surface area contributed by atoms with E-state index in [1.165, 1.54) is 37.5 Å². The third-order valence-electron chi connectivity index (χ3n) is 2.98. The number of hydrogen-bond donors (Lipinski definition) is 0. The minimum atomic E-state index is 0.846. The highest BCUT2D eigenvalue weighted by Gasteiger charge is 2.19. The molecule has 1 saturated heterocycles. The molecule has 0 N–H and O–H groups in total. The lowest BCUT2D eigenvalue weighted by molar-refractivity contribution is 0.389. The van der Waals surface area contributed by atoms with Crippen LogP contribution < -0.4 is 4.90 Å². The molecule has 0 aliphatic carbocycles. The summed E-state index contributed by atoms with van der Waals surface area (Å²) in [7, 11) is 4.25. The highest BCUT2D eigenvalue weighted by molar-refractivity contribution is 7.09. The molecule has 0 aromatic carbocycles. The molecule has 0 saturated carbocycles. The number of aromatic nitrogens is 3. The molecule has 84 valence electrons. The summed E-state index contributed by atoms with van der Waals surface area (Å²) in [5.41, 5.74) is 0. The zero-order valence-electron chi connectivity index (χ0n) is 9.26. The first kappa shape index (κ1) is 10.8. The molecule has 0 bridgehead atoms. The number of hydrogen-bond acceptors (Lipinski definition) is 6. The Morgan fingerprint density at radius 3 is 3.07 bits per heavy atom. The Morgan fingerprint density at radius 1 is 1.60 bits per heavy atom. The van der Waals surface area contributed by atoms with Crippen molar-refractivity contribution in [2.75, 3.05) is 38.6 Å². The van der Waals surface area contributed by atoms with Crippen molar-refractivity contribution in [3.63, 3.8) is 0 Å². The van der Waals surface area contributed by atoms with E-state index in [4.69, 9.17) is 0 Å². The van der Waals surface area contributed by atoms with Crippen LogP contribution in [0.2, 0.25) is 0 Å². The van der Waals surface area contributed by atoms with Gasteiger partial charge in [-0.3, -0.25) is 0 Å². The van der Waals surface area contributed by atoms with E-state index in [1.54, 1.807) is 0 Å². The van der Waals surface area contributed by atoms with Crippen molar-refractivity contribution in [1.82, 2.24) is 19.7 Å². The van der Waals surface area contributed by atoms with Crippen LogP contribution in [0.5, 0.6) is 0 Å². The molecule has 1 atom stereocenters. The first-order valence-corrected chi connectivity index (χ1v) is 6.08. The third-order valence-corrected chi connectivity index (χ3v) is 3.69. The number of nitrogens with zero attached hydrogens (tertiary/aromatic N) is 5. The molecule has 1 fully saturated rings. The highest BCUT2D eigenvalue weighted by atomic mass is 32.1. The molecule has 0 spiro atoms. The lowest BCUT2D eigenvalue weighted by atomic mass is 10.1. The second kappa shape index (κ2) is 4.85. The predicted molar refractivity (Wildman–Crippen MR) is 61.2 cm³/mol. The van der Waals surface area contributed by atoms with E-state index in [0.717, 1.165) is 17.6 Å². The van der Waals surface area contributed by atoms with E-state index in [-0.39, 0.29) is 0 Å². The highest BCUT2D eigenvalue weighted by Crippen LogP contribution is 2.19. The molecule has 5 nitrogen and oxygen atoms in total. The molecule has 15 heavy (non-hydrogen) atoms. The number of anilines is 1. The van der Waals surface area contributed by atoms with Gasteiger partial charge in [0.1, 0.15) is 0 Å². The lowest BCUT2D eigenvalue weighted by Crippen LogP contribution is -2.22. The zero-order valence-corrected chi connectivity index (χ0v) is 10.1. The van der Waals surface area contributed by atoms with Crippen molar-refractivity contribution in [1.29, 1.82) is 0 Å². The first-order valence-electron chi connectivity index (χ1n) is 5.30. The molecule has 1 aliphatic heterocycles. The van der Waals surface area contributed by atoms with Gasteiger partial charge in [-0.25, -0.2) is 0 Å². The van der Waals surface area contributed by atoms with Crippen molar-refractivity contribution in [2.45, 2.75) is 12.8 Å². The van der Waals surface area contributed by atoms with Crippen LogP contribution in [-0.2, 0) is 0 Å². The van der Waals surface area contributed by atoms with Gasteiger partial charge in [0.15, 0.2) is 0 Å². The second-order valence-corrected chi connectivity index (χ2v) is 4.98. The first-order chi connectivity index (χ1) is 7.25. The molecule has 0 radical (unpaired) electrons. The van der Waals surface area contributed by atoms with Gasteiger partial charge >= 0.3 is 0 Å². The number of rotatable bonds is 4. The fourth-order valence-electron chi connectivity index (χ4n) is 2.01. The Bertz CT molecular complexity index is 289. The van der Waals surface area contributed by atoms with Crippen LogP contribution in [-0.4, -0.2) is 53.4 Å². The maximum absolute atomic E-state index is 3.95. The van der Waals surface area contributed by atoms with Crippen LogP contribution in [0.1, 0.15) is 12.8 Å². The van der Waals surface area contributed by atoms with Gasteiger partial charge in [0, 0.05) is 31.7 Å². The van der Waals surface area contributed by atoms with Gasteiger partial charge < -0.3 is 9.80 Å². The summed E-state index contributed by atoms with van der Waals surface area (Å²) in [5, 5.41) is 8.47. The van der Waals surface area contributed by atoms with Crippen LogP contribution in [0.15, 0.2) is 0 Å². The standard InChI is InChI=1S/C9H17N5S/c1-13-5-3-8(7-13)4-6-14(2)9-10-11-12-15-9/h8H,3-7H2,1-2H3. The van der Waals surface area contributed by atoms with Gasteiger partial charge in [0.25, 0.3) is 0 Å². The van der Waals surface area contributed by atoms with Crippen molar-refractivity contribution in [3.05, 3.63) is 0 Å². The Kier molecular flexibility index (Phi) is 3.48. The van der Waals surface area contributed by atoms with Crippen LogP contribution >= 0.6 is 11.5 Å². The van der Waals surface area contributed by atoms with E-state index in [9.17, 15) is 0 Å². The number of likely N-dealkylation sites (tertiary alicyclic amines) is 1. The van der Waals surface area contributed by atoms with Gasteiger partial charge in [0.05, 0.1) is 0 Å². The fourth-order valence-corrected chi connectivity index (χ4v) is 2.46. The summed E-state index contributed by atoms with van der Waals surface area (Å²) in [5.74, 6) is 0.846. The van der Waals surface area contributed by atoms with Crippen LogP contribution in [0.25, 0.3) is 0 Å². The minimum Gasteiger partial charge on any atom is -0.348 e. The Balaban J connectivity index is 1.74. The van der Waals surface area contributed by atoms with Crippen LogP contribution in [0, 0.1) is 5.92 Å². The van der Waals surface area contributed by atoms with Crippen LogP contribution in [0.4, 0.5) is 5.13 Å². The summed E-state index contributed by atoms with van der Waals surface area (Å²) in [4.78, 5) is 4.54. The molecule has 2 rings (SSSR count). The average molecular weight is 227 g/mol. The van der Waals surface area contributed by atoms with Crippen molar-refractivity contribution in [2.24, 2.45) is 5.92 Å². The zero-order chi connectivity index (χ0) is 10.7. The monoisotopic (exact) mass is 227 g/mol. The maximum Gasteiger partial charge on any atom is 0.227 e. The molecular weight excluding hydrogens is 210 g/mol. The van der Waals surface area contributed by atoms with Gasteiger partial charge in [-0.2, -0.15) is 0 Å². The summed E-state index contributed by atoms with van der Waals surface area (Å²) in [6.07, 6.45) is 2.57. The maximum atomic E-state index is 3.95. The van der Waals surface area contributed by atoms with Gasteiger partial charge in [-0.1, -0.05) is 9.59 Å². The second-order valence-electron chi connectivity index (χ2n) is 4.27. The molecule has 1 unspecified atom stereocenters. The van der Waals surface area contributed by atoms with Gasteiger partial charge in [-0.15, -0.1) is 0 Å². The normalized spacial score (nSPS) is 22.1. The van der Waals surface area contributed by atoms with Crippen molar-refractivity contribution in [3.8, 4) is 0 Å². The molecule has 1 aromatic heterocycles. The van der Waals surface area contributed by atoms with E-state index >= 15 is 0 Å². The van der Waals surface area contributed by atoms with Gasteiger partial charge in [0.2, 0.25) is 5.13 Å². The minimum absolute atomic E-state index is 0.846. The summed E-state index contributed by atoms with van der Waals surface area (Å²) in [6, 6.07) is 0. The average Bonchev–Trinajstić information content (AvgIpc) is 2.84. The van der Waals surface area contributed by atoms with Crippen molar-refractivity contribution < 1.29 is 0 Å². The molecule has 0 amide bonds. The third kappa shape index (κ3) is 2.85. The van der Waals surface area contributed by atoms with E-state index in [0.29, 0.717) is 0 Å². The van der Waals surface area contributed by atoms with Crippen LogP contribution in [0.3, 0.4) is 0 Å². The van der Waals surface area contributed by atoms with E-state index < -0.39 is 0 Å². The topological polar surface area (TPSA) is 45.2 Å². The fraction of sp³-hybridized carbons (Fsp3) is 0.889. The summed E-state index contributed by atoms with van der Waals surface area (Å²) < 4.78 is 3.77. The SMILES string of the molecule is CN1CCC(CCN(C)c2nnns2)C1. The molecule has 6 heteroatoms. The molecule has 2 heterocycles. The summed E-state index contributed by atoms with van der Waals surface area (Å²) in [6.45, 7) is 3.53. The van der Waals surface area contributed by atoms with Crippen molar-refractivity contribution >= 4 is 16.7 Å². The molecule has 1 aliphatic rings. The lowest BCUT2D eigenvalue weighted by Gasteiger charge is -2.17. The Morgan fingerprint density at radius 2 is 2.47 bits per heavy atom. The summed E-state index contributed by atoms with van der Waals surface area (Å²) >= 11 is 1.36. The van der Waals surface area contributed by atoms with E-state index in [1.807, 2.05) is 0 Å². The Labute approximate surface area is 94.2 Å². The van der Waals surface area contributed by atoms with Gasteiger partial charge in [-0.05, 0) is 37.6 Å². The quantitative estimate of drug-likeness (QED) is 0.758. The molecular formula is C9H17N5S. The van der Waals surface area contributed by atoms with E-state index in [2.05, 4.69) is 38.7 Å². The Hall–Kier alpha value is -0.750. The largest absolute Gasteiger partial charge is 0.348 e.